The summed E-state index contributed by atoms with van der Waals surface area (Å²) in [5, 5.41) is 0. The van der Waals surface area contributed by atoms with Crippen LogP contribution in [0, 0.1) is 0 Å². The maximum Gasteiger partial charge on any atom is 0.0596 e. The molecule has 0 aliphatic rings. The highest BCUT2D eigenvalue weighted by atomic mass is 16.5. The summed E-state index contributed by atoms with van der Waals surface area (Å²) < 4.78 is 5.44. The van der Waals surface area contributed by atoms with Crippen molar-refractivity contribution in [3.8, 4) is 0 Å². The van der Waals surface area contributed by atoms with E-state index in [0.717, 1.165) is 26.2 Å². The number of rotatable bonds is 8. The van der Waals surface area contributed by atoms with Crippen molar-refractivity contribution in [1.29, 1.82) is 0 Å². The minimum atomic E-state index is 0.303. The molecule has 0 radical (unpaired) electrons. The molecule has 0 aromatic rings. The van der Waals surface area contributed by atoms with Crippen molar-refractivity contribution >= 4 is 0 Å². The zero-order chi connectivity index (χ0) is 10.1. The lowest BCUT2D eigenvalue weighted by Gasteiger charge is -2.21. The van der Waals surface area contributed by atoms with Gasteiger partial charge in [0.2, 0.25) is 0 Å². The largest absolute Gasteiger partial charge is 0.377 e. The van der Waals surface area contributed by atoms with Gasteiger partial charge in [-0.3, -0.25) is 4.90 Å². The molecule has 0 aliphatic carbocycles. The second-order valence-corrected chi connectivity index (χ2v) is 3.34. The van der Waals surface area contributed by atoms with E-state index in [2.05, 4.69) is 4.90 Å². The van der Waals surface area contributed by atoms with E-state index in [1.807, 2.05) is 13.8 Å². The fourth-order valence-corrected chi connectivity index (χ4v) is 1.12. The first kappa shape index (κ1) is 12.8. The van der Waals surface area contributed by atoms with Gasteiger partial charge in [0.05, 0.1) is 12.7 Å². The van der Waals surface area contributed by atoms with Gasteiger partial charge in [0, 0.05) is 32.7 Å². The van der Waals surface area contributed by atoms with Gasteiger partial charge in [-0.15, -0.1) is 0 Å². The van der Waals surface area contributed by atoms with Crippen molar-refractivity contribution in [1.82, 2.24) is 4.90 Å². The number of nitrogens with zero attached hydrogens (tertiary/aromatic N) is 1. The van der Waals surface area contributed by atoms with Crippen LogP contribution in [-0.4, -0.2) is 50.3 Å². The van der Waals surface area contributed by atoms with Crippen LogP contribution >= 0.6 is 0 Å². The lowest BCUT2D eigenvalue weighted by Crippen LogP contribution is -2.36. The molecule has 0 bridgehead atoms. The van der Waals surface area contributed by atoms with Gasteiger partial charge in [-0.1, -0.05) is 0 Å². The zero-order valence-electron chi connectivity index (χ0n) is 8.83. The molecule has 0 spiro atoms. The molecule has 0 fully saturated rings. The van der Waals surface area contributed by atoms with E-state index >= 15 is 0 Å². The van der Waals surface area contributed by atoms with Gasteiger partial charge < -0.3 is 16.2 Å². The molecule has 0 atom stereocenters. The average Bonchev–Trinajstić information content (AvgIpc) is 2.04. The van der Waals surface area contributed by atoms with Crippen LogP contribution in [0.3, 0.4) is 0 Å². The van der Waals surface area contributed by atoms with Gasteiger partial charge in [-0.05, 0) is 13.8 Å². The van der Waals surface area contributed by atoms with Crippen molar-refractivity contribution in [3.63, 3.8) is 0 Å². The molecule has 80 valence electrons. The molecule has 4 heteroatoms. The van der Waals surface area contributed by atoms with E-state index in [9.17, 15) is 0 Å². The third kappa shape index (κ3) is 8.18. The summed E-state index contributed by atoms with van der Waals surface area (Å²) in [7, 11) is 0. The normalized spacial score (nSPS) is 11.5. The Labute approximate surface area is 81.2 Å². The molecule has 0 aliphatic heterocycles. The quantitative estimate of drug-likeness (QED) is 0.547. The Hall–Kier alpha value is -0.160. The number of ether oxygens (including phenoxy) is 1. The molecule has 0 aromatic carbocycles. The third-order valence-corrected chi connectivity index (χ3v) is 1.75. The van der Waals surface area contributed by atoms with Crippen molar-refractivity contribution in [3.05, 3.63) is 0 Å². The molecular weight excluding hydrogens is 166 g/mol. The van der Waals surface area contributed by atoms with Crippen LogP contribution in [0.15, 0.2) is 0 Å². The van der Waals surface area contributed by atoms with E-state index in [1.165, 1.54) is 0 Å². The molecule has 4 nitrogen and oxygen atoms in total. The van der Waals surface area contributed by atoms with E-state index in [1.54, 1.807) is 0 Å². The zero-order valence-corrected chi connectivity index (χ0v) is 8.83. The standard InChI is InChI=1S/C9H23N3O/c1-9(2)13-8-7-12(5-3-10)6-4-11/h9H,3-8,10-11H2,1-2H3. The molecule has 4 N–H and O–H groups in total. The summed E-state index contributed by atoms with van der Waals surface area (Å²) in [6, 6.07) is 0. The first-order valence-corrected chi connectivity index (χ1v) is 4.94. The van der Waals surface area contributed by atoms with Gasteiger partial charge in [0.1, 0.15) is 0 Å². The summed E-state index contributed by atoms with van der Waals surface area (Å²) in [6.07, 6.45) is 0.303. The molecule has 0 amide bonds. The Morgan fingerprint density at radius 3 is 2.00 bits per heavy atom. The highest BCUT2D eigenvalue weighted by Gasteiger charge is 2.02. The second kappa shape index (κ2) is 8.44. The molecule has 0 aromatic heterocycles. The molecular formula is C9H23N3O. The Balaban J connectivity index is 3.44. The SMILES string of the molecule is CC(C)OCCN(CCN)CCN. The predicted octanol–water partition coefficient (Wildman–Crippen LogP) is -0.369. The van der Waals surface area contributed by atoms with E-state index in [-0.39, 0.29) is 0 Å². The van der Waals surface area contributed by atoms with Crippen molar-refractivity contribution in [2.75, 3.05) is 39.3 Å². The lowest BCUT2D eigenvalue weighted by molar-refractivity contribution is 0.0602. The summed E-state index contributed by atoms with van der Waals surface area (Å²) in [5.74, 6) is 0. The van der Waals surface area contributed by atoms with Crippen LogP contribution in [0.1, 0.15) is 13.8 Å². The van der Waals surface area contributed by atoms with E-state index < -0.39 is 0 Å². The van der Waals surface area contributed by atoms with Crippen LogP contribution in [0.2, 0.25) is 0 Å². The van der Waals surface area contributed by atoms with Crippen LogP contribution < -0.4 is 11.5 Å². The molecule has 0 heterocycles. The van der Waals surface area contributed by atoms with Crippen LogP contribution in [0.25, 0.3) is 0 Å². The van der Waals surface area contributed by atoms with E-state index in [4.69, 9.17) is 16.2 Å². The smallest absolute Gasteiger partial charge is 0.0596 e. The summed E-state index contributed by atoms with van der Waals surface area (Å²) in [6.45, 7) is 8.93. The fourth-order valence-electron chi connectivity index (χ4n) is 1.12. The maximum absolute atomic E-state index is 5.47. The molecule has 0 saturated heterocycles. The molecule has 0 rings (SSSR count). The number of hydrogen-bond donors (Lipinski definition) is 2. The molecule has 13 heavy (non-hydrogen) atoms. The summed E-state index contributed by atoms with van der Waals surface area (Å²) >= 11 is 0. The molecule has 0 saturated carbocycles. The van der Waals surface area contributed by atoms with E-state index in [0.29, 0.717) is 19.2 Å². The minimum absolute atomic E-state index is 0.303. The average molecular weight is 189 g/mol. The van der Waals surface area contributed by atoms with Gasteiger partial charge >= 0.3 is 0 Å². The summed E-state index contributed by atoms with van der Waals surface area (Å²) in [5.41, 5.74) is 10.9. The highest BCUT2D eigenvalue weighted by molar-refractivity contribution is 4.58. The van der Waals surface area contributed by atoms with Gasteiger partial charge in [0.25, 0.3) is 0 Å². The Kier molecular flexibility index (Phi) is 8.33. The number of hydrogen-bond acceptors (Lipinski definition) is 4. The van der Waals surface area contributed by atoms with Crippen LogP contribution in [0.5, 0.6) is 0 Å². The van der Waals surface area contributed by atoms with Crippen molar-refractivity contribution < 1.29 is 4.74 Å². The monoisotopic (exact) mass is 189 g/mol. The van der Waals surface area contributed by atoms with Gasteiger partial charge in [-0.25, -0.2) is 0 Å². The highest BCUT2D eigenvalue weighted by Crippen LogP contribution is 1.90. The first-order chi connectivity index (χ1) is 6.20. The van der Waals surface area contributed by atoms with Crippen LogP contribution in [-0.2, 0) is 4.74 Å². The van der Waals surface area contributed by atoms with Crippen molar-refractivity contribution in [2.45, 2.75) is 20.0 Å². The fraction of sp³-hybridized carbons (Fsp3) is 1.00. The van der Waals surface area contributed by atoms with Gasteiger partial charge in [-0.2, -0.15) is 0 Å². The number of nitrogens with two attached hydrogens (primary N) is 2. The topological polar surface area (TPSA) is 64.5 Å². The lowest BCUT2D eigenvalue weighted by atomic mass is 10.4. The van der Waals surface area contributed by atoms with Crippen molar-refractivity contribution in [2.24, 2.45) is 11.5 Å². The Bertz CT molecular complexity index is 103. The summed E-state index contributed by atoms with van der Waals surface area (Å²) in [4.78, 5) is 2.22. The van der Waals surface area contributed by atoms with Gasteiger partial charge in [0.15, 0.2) is 0 Å². The predicted molar refractivity (Wildman–Crippen MR) is 55.6 cm³/mol. The maximum atomic E-state index is 5.47. The minimum Gasteiger partial charge on any atom is -0.377 e. The first-order valence-electron chi connectivity index (χ1n) is 4.94. The Morgan fingerprint density at radius 1 is 1.08 bits per heavy atom. The Morgan fingerprint density at radius 2 is 1.62 bits per heavy atom. The second-order valence-electron chi connectivity index (χ2n) is 3.34. The molecule has 0 unspecified atom stereocenters. The van der Waals surface area contributed by atoms with Crippen LogP contribution in [0.4, 0.5) is 0 Å². The third-order valence-electron chi connectivity index (χ3n) is 1.75.